The molecule has 0 saturated heterocycles. The van der Waals surface area contributed by atoms with E-state index in [1.165, 1.54) is 6.33 Å². The largest absolute Gasteiger partial charge is 0.481 e. The van der Waals surface area contributed by atoms with Crippen LogP contribution in [0.2, 0.25) is 0 Å². The van der Waals surface area contributed by atoms with Gasteiger partial charge in [-0.25, -0.2) is 9.97 Å². The fourth-order valence-corrected chi connectivity index (χ4v) is 3.36. The van der Waals surface area contributed by atoms with Crippen LogP contribution in [-0.2, 0) is 10.2 Å². The minimum Gasteiger partial charge on any atom is -0.481 e. The quantitative estimate of drug-likeness (QED) is 0.819. The molecule has 0 radical (unpaired) electrons. The molecule has 3 rings (SSSR count). The molecule has 1 N–H and O–H groups in total. The summed E-state index contributed by atoms with van der Waals surface area (Å²) in [7, 11) is 0. The number of hydrogen-bond donors (Lipinski definition) is 1. The van der Waals surface area contributed by atoms with Crippen LogP contribution in [0.4, 0.5) is 0 Å². The lowest BCUT2D eigenvalue weighted by atomic mass is 9.76. The van der Waals surface area contributed by atoms with Gasteiger partial charge in [0.2, 0.25) is 0 Å². The van der Waals surface area contributed by atoms with Gasteiger partial charge in [-0.1, -0.05) is 6.42 Å². The van der Waals surface area contributed by atoms with Crippen LogP contribution in [0.15, 0.2) is 18.6 Å². The van der Waals surface area contributed by atoms with E-state index in [0.29, 0.717) is 5.92 Å². The first-order valence-electron chi connectivity index (χ1n) is 5.74. The number of carbonyl (C=O) groups is 1. The summed E-state index contributed by atoms with van der Waals surface area (Å²) in [5, 5.41) is 9.32. The molecule has 0 spiro atoms. The number of aliphatic carboxylic acids is 1. The third-order valence-electron chi connectivity index (χ3n) is 4.18. The maximum Gasteiger partial charge on any atom is 0.307 e. The Bertz CT molecular complexity index is 420. The molecule has 3 atom stereocenters. The second kappa shape index (κ2) is 3.27. The second-order valence-electron chi connectivity index (χ2n) is 4.86. The molecule has 0 aromatic carbocycles. The molecule has 2 aliphatic rings. The van der Waals surface area contributed by atoms with Crippen LogP contribution in [0, 0.1) is 11.8 Å². The molecular weight excluding hydrogens is 204 g/mol. The lowest BCUT2D eigenvalue weighted by molar-refractivity contribution is -0.144. The smallest absolute Gasteiger partial charge is 0.307 e. The average molecular weight is 218 g/mol. The van der Waals surface area contributed by atoms with Crippen LogP contribution in [-0.4, -0.2) is 21.0 Å². The number of carboxylic acids is 1. The number of carboxylic acid groups (broad SMARTS) is 1. The lowest BCUT2D eigenvalue weighted by Gasteiger charge is -2.28. The summed E-state index contributed by atoms with van der Waals surface area (Å²) in [4.78, 5) is 19.5. The number of hydrogen-bond acceptors (Lipinski definition) is 3. The van der Waals surface area contributed by atoms with E-state index in [0.717, 1.165) is 31.4 Å². The van der Waals surface area contributed by atoms with Gasteiger partial charge in [0.05, 0.1) is 11.6 Å². The summed E-state index contributed by atoms with van der Waals surface area (Å²) in [6.45, 7) is 0. The van der Waals surface area contributed by atoms with Gasteiger partial charge in [-0.15, -0.1) is 0 Å². The average Bonchev–Trinajstić information content (AvgIpc) is 3.05. The lowest BCUT2D eigenvalue weighted by Crippen LogP contribution is -2.33. The molecule has 0 aliphatic heterocycles. The van der Waals surface area contributed by atoms with Crippen LogP contribution >= 0.6 is 0 Å². The zero-order chi connectivity index (χ0) is 11.2. The van der Waals surface area contributed by atoms with Crippen molar-refractivity contribution in [2.24, 2.45) is 11.8 Å². The van der Waals surface area contributed by atoms with Gasteiger partial charge in [0.1, 0.15) is 6.33 Å². The van der Waals surface area contributed by atoms with Crippen LogP contribution in [0.1, 0.15) is 31.4 Å². The predicted octanol–water partition coefficient (Wildman–Crippen LogP) is 1.62. The van der Waals surface area contributed by atoms with Crippen molar-refractivity contribution in [1.82, 2.24) is 9.97 Å². The van der Waals surface area contributed by atoms with Crippen molar-refractivity contribution in [1.29, 1.82) is 0 Å². The van der Waals surface area contributed by atoms with E-state index in [4.69, 9.17) is 0 Å². The third kappa shape index (κ3) is 1.19. The Kier molecular flexibility index (Phi) is 1.99. The number of rotatable bonds is 2. The predicted molar refractivity (Wildman–Crippen MR) is 56.8 cm³/mol. The van der Waals surface area contributed by atoms with E-state index in [9.17, 15) is 9.90 Å². The molecule has 4 nitrogen and oxygen atoms in total. The Morgan fingerprint density at radius 3 is 3.06 bits per heavy atom. The van der Waals surface area contributed by atoms with Crippen molar-refractivity contribution >= 4 is 5.97 Å². The summed E-state index contributed by atoms with van der Waals surface area (Å²) < 4.78 is 0. The highest BCUT2D eigenvalue weighted by molar-refractivity contribution is 5.74. The van der Waals surface area contributed by atoms with Crippen molar-refractivity contribution in [2.75, 3.05) is 0 Å². The molecular formula is C12H14N2O2. The molecule has 0 amide bonds. The molecule has 2 saturated carbocycles. The van der Waals surface area contributed by atoms with E-state index in [-0.39, 0.29) is 11.3 Å². The van der Waals surface area contributed by atoms with Gasteiger partial charge in [-0.2, -0.15) is 0 Å². The van der Waals surface area contributed by atoms with E-state index >= 15 is 0 Å². The highest BCUT2D eigenvalue weighted by Crippen LogP contribution is 2.64. The first-order valence-corrected chi connectivity index (χ1v) is 5.74. The summed E-state index contributed by atoms with van der Waals surface area (Å²) in [5.41, 5.74) is 0.757. The third-order valence-corrected chi connectivity index (χ3v) is 4.18. The first-order chi connectivity index (χ1) is 7.75. The maximum atomic E-state index is 11.3. The molecule has 1 aromatic rings. The van der Waals surface area contributed by atoms with Crippen LogP contribution in [0.25, 0.3) is 0 Å². The topological polar surface area (TPSA) is 63.1 Å². The Labute approximate surface area is 93.7 Å². The molecule has 1 aromatic heterocycles. The molecule has 2 fully saturated rings. The Balaban J connectivity index is 2.01. The van der Waals surface area contributed by atoms with Crippen LogP contribution in [0.3, 0.4) is 0 Å². The van der Waals surface area contributed by atoms with E-state index in [2.05, 4.69) is 9.97 Å². The van der Waals surface area contributed by atoms with Gasteiger partial charge in [-0.3, -0.25) is 4.79 Å². The first kappa shape index (κ1) is 9.75. The Hall–Kier alpha value is -1.45. The van der Waals surface area contributed by atoms with Gasteiger partial charge in [0.15, 0.2) is 0 Å². The summed E-state index contributed by atoms with van der Waals surface area (Å²) in [5.74, 6) is -0.390. The van der Waals surface area contributed by atoms with Crippen molar-refractivity contribution < 1.29 is 9.90 Å². The molecule has 1 heterocycles. The van der Waals surface area contributed by atoms with Gasteiger partial charge >= 0.3 is 5.97 Å². The second-order valence-corrected chi connectivity index (χ2v) is 4.86. The molecule has 16 heavy (non-hydrogen) atoms. The monoisotopic (exact) mass is 218 g/mol. The standard InChI is InChI=1S/C12H14N2O2/c15-11(16)9-3-1-2-8-6-12(8,9)10-4-5-13-7-14-10/h4-5,7-9H,1-3,6H2,(H,15,16). The zero-order valence-corrected chi connectivity index (χ0v) is 8.97. The molecule has 0 bridgehead atoms. The van der Waals surface area contributed by atoms with Gasteiger partial charge in [-0.05, 0) is 31.2 Å². The van der Waals surface area contributed by atoms with Gasteiger partial charge < -0.3 is 5.11 Å². The zero-order valence-electron chi connectivity index (χ0n) is 8.97. The summed E-state index contributed by atoms with van der Waals surface area (Å²) in [6.07, 6.45) is 7.19. The van der Waals surface area contributed by atoms with Crippen LogP contribution in [0.5, 0.6) is 0 Å². The maximum absolute atomic E-state index is 11.3. The Morgan fingerprint density at radius 2 is 2.38 bits per heavy atom. The molecule has 3 unspecified atom stereocenters. The van der Waals surface area contributed by atoms with Crippen molar-refractivity contribution in [3.8, 4) is 0 Å². The van der Waals surface area contributed by atoms with Crippen molar-refractivity contribution in [3.63, 3.8) is 0 Å². The number of nitrogens with zero attached hydrogens (tertiary/aromatic N) is 2. The number of fused-ring (bicyclic) bond motifs is 1. The highest BCUT2D eigenvalue weighted by atomic mass is 16.4. The highest BCUT2D eigenvalue weighted by Gasteiger charge is 2.64. The minimum absolute atomic E-state index is 0.174. The SMILES string of the molecule is O=C(O)C1CCCC2CC21c1ccncn1. The fraction of sp³-hybridized carbons (Fsp3) is 0.583. The van der Waals surface area contributed by atoms with Crippen molar-refractivity contribution in [2.45, 2.75) is 31.1 Å². The molecule has 2 aliphatic carbocycles. The van der Waals surface area contributed by atoms with Crippen LogP contribution < -0.4 is 0 Å². The minimum atomic E-state index is -0.666. The van der Waals surface area contributed by atoms with E-state index in [1.54, 1.807) is 6.20 Å². The normalized spacial score (nSPS) is 36.5. The molecule has 4 heteroatoms. The summed E-state index contributed by atoms with van der Waals surface area (Å²) >= 11 is 0. The fourth-order valence-electron chi connectivity index (χ4n) is 3.36. The Morgan fingerprint density at radius 1 is 1.50 bits per heavy atom. The van der Waals surface area contributed by atoms with E-state index in [1.807, 2.05) is 6.07 Å². The van der Waals surface area contributed by atoms with E-state index < -0.39 is 5.97 Å². The number of aromatic nitrogens is 2. The van der Waals surface area contributed by atoms with Gasteiger partial charge in [0, 0.05) is 11.6 Å². The van der Waals surface area contributed by atoms with Gasteiger partial charge in [0.25, 0.3) is 0 Å². The molecule has 84 valence electrons. The van der Waals surface area contributed by atoms with Crippen molar-refractivity contribution in [3.05, 3.63) is 24.3 Å². The summed E-state index contributed by atoms with van der Waals surface area (Å²) in [6, 6.07) is 1.88.